The number of pyridine rings is 1. The largest absolute Gasteiger partial charge is 0.347 e. The van der Waals surface area contributed by atoms with Gasteiger partial charge in [0.1, 0.15) is 17.5 Å². The number of aryl methyl sites for hydroxylation is 1. The number of benzene rings is 1. The van der Waals surface area contributed by atoms with Crippen molar-refractivity contribution in [1.29, 1.82) is 5.26 Å². The smallest absolute Gasteiger partial charge is 0.266 e. The Kier molecular flexibility index (Phi) is 4.75. The lowest BCUT2D eigenvalue weighted by Gasteiger charge is -2.30. The zero-order chi connectivity index (χ0) is 21.4. The molecule has 7 heteroatoms. The summed E-state index contributed by atoms with van der Waals surface area (Å²) in [5.74, 6) is 1.34. The summed E-state index contributed by atoms with van der Waals surface area (Å²) in [4.78, 5) is 16.6. The molecule has 154 valence electrons. The van der Waals surface area contributed by atoms with Crippen LogP contribution in [-0.4, -0.2) is 27.3 Å². The van der Waals surface area contributed by atoms with Crippen LogP contribution in [0.25, 0.3) is 0 Å². The van der Waals surface area contributed by atoms with E-state index in [2.05, 4.69) is 68.0 Å². The Morgan fingerprint density at radius 3 is 2.87 bits per heavy atom. The standard InChI is InChI=1S/C24H22N6O/c1-16-26-12-13-30(16)15-18-9-10-21-22(19-7-3-4-8-20(19)29(21)2)23(18)28-31-24-17(14-25)6-5-11-27-24/h3-8,10-13,18,22H,9,15H2,1-2H3/b28-23+. The number of imidazole rings is 1. The summed E-state index contributed by atoms with van der Waals surface area (Å²) < 4.78 is 2.14. The van der Waals surface area contributed by atoms with E-state index in [0.717, 1.165) is 24.5 Å². The van der Waals surface area contributed by atoms with E-state index in [1.54, 1.807) is 18.3 Å². The van der Waals surface area contributed by atoms with Crippen LogP contribution in [0.5, 0.6) is 5.88 Å². The van der Waals surface area contributed by atoms with Crippen molar-refractivity contribution in [2.75, 3.05) is 11.9 Å². The molecule has 31 heavy (non-hydrogen) atoms. The van der Waals surface area contributed by atoms with Gasteiger partial charge in [0.15, 0.2) is 0 Å². The molecule has 1 aliphatic heterocycles. The molecule has 0 radical (unpaired) electrons. The maximum Gasteiger partial charge on any atom is 0.266 e. The third-order valence-electron chi connectivity index (χ3n) is 6.09. The molecule has 3 aromatic rings. The van der Waals surface area contributed by atoms with E-state index in [4.69, 9.17) is 4.84 Å². The summed E-state index contributed by atoms with van der Waals surface area (Å²) in [6.07, 6.45) is 8.57. The van der Waals surface area contributed by atoms with E-state index in [-0.39, 0.29) is 17.7 Å². The van der Waals surface area contributed by atoms with Gasteiger partial charge >= 0.3 is 0 Å². The van der Waals surface area contributed by atoms with E-state index in [1.807, 2.05) is 19.3 Å². The average molecular weight is 410 g/mol. The number of hydrogen-bond donors (Lipinski definition) is 0. The van der Waals surface area contributed by atoms with E-state index >= 15 is 0 Å². The number of fused-ring (bicyclic) bond motifs is 3. The minimum atomic E-state index is 0.0121. The number of anilines is 1. The van der Waals surface area contributed by atoms with Gasteiger partial charge in [-0.05, 0) is 37.1 Å². The first-order chi connectivity index (χ1) is 15.2. The SMILES string of the molecule is Cc1nccn1CC1CC=C2C(/C1=N/Oc1ncccc1C#N)c1ccccc1N2C. The molecule has 2 atom stereocenters. The van der Waals surface area contributed by atoms with Gasteiger partial charge in [-0.3, -0.25) is 0 Å². The van der Waals surface area contributed by atoms with Crippen molar-refractivity contribution in [3.63, 3.8) is 0 Å². The summed E-state index contributed by atoms with van der Waals surface area (Å²) in [5.41, 5.74) is 4.92. The molecule has 0 amide bonds. The van der Waals surface area contributed by atoms with Crippen molar-refractivity contribution >= 4 is 11.4 Å². The lowest BCUT2D eigenvalue weighted by Crippen LogP contribution is -2.32. The molecule has 5 rings (SSSR count). The van der Waals surface area contributed by atoms with Gasteiger partial charge in [-0.2, -0.15) is 5.26 Å². The van der Waals surface area contributed by atoms with Crippen molar-refractivity contribution in [2.24, 2.45) is 11.1 Å². The molecule has 1 aliphatic carbocycles. The summed E-state index contributed by atoms with van der Waals surface area (Å²) >= 11 is 0. The van der Waals surface area contributed by atoms with Gasteiger partial charge in [0.2, 0.25) is 0 Å². The van der Waals surface area contributed by atoms with Crippen molar-refractivity contribution in [2.45, 2.75) is 25.8 Å². The van der Waals surface area contributed by atoms with Crippen molar-refractivity contribution in [1.82, 2.24) is 14.5 Å². The molecule has 3 heterocycles. The number of aromatic nitrogens is 3. The molecule has 2 aromatic heterocycles. The van der Waals surface area contributed by atoms with E-state index < -0.39 is 0 Å². The molecule has 1 aromatic carbocycles. The average Bonchev–Trinajstić information content (AvgIpc) is 3.34. The molecule has 0 N–H and O–H groups in total. The number of nitrogens with zero attached hydrogens (tertiary/aromatic N) is 6. The molecule has 7 nitrogen and oxygen atoms in total. The van der Waals surface area contributed by atoms with Crippen LogP contribution in [0.3, 0.4) is 0 Å². The Morgan fingerprint density at radius 1 is 1.19 bits per heavy atom. The Bertz CT molecular complexity index is 1230. The molecule has 0 bridgehead atoms. The normalized spacial score (nSPS) is 20.7. The van der Waals surface area contributed by atoms with Gasteiger partial charge in [-0.25, -0.2) is 9.97 Å². The first kappa shape index (κ1) is 19.1. The molecule has 2 unspecified atom stereocenters. The highest BCUT2D eigenvalue weighted by Crippen LogP contribution is 2.47. The maximum absolute atomic E-state index is 9.38. The zero-order valence-corrected chi connectivity index (χ0v) is 17.4. The van der Waals surface area contributed by atoms with Gasteiger partial charge in [0.25, 0.3) is 5.88 Å². The second kappa shape index (κ2) is 7.73. The summed E-state index contributed by atoms with van der Waals surface area (Å²) in [5, 5.41) is 14.0. The molecule has 0 fully saturated rings. The molecule has 0 spiro atoms. The van der Waals surface area contributed by atoms with Crippen LogP contribution in [-0.2, 0) is 6.54 Å². The van der Waals surface area contributed by atoms with E-state index in [1.165, 1.54) is 16.9 Å². The lowest BCUT2D eigenvalue weighted by atomic mass is 9.80. The van der Waals surface area contributed by atoms with Crippen molar-refractivity contribution in [3.8, 4) is 11.9 Å². The summed E-state index contributed by atoms with van der Waals surface area (Å²) in [6, 6.07) is 13.9. The van der Waals surface area contributed by atoms with E-state index in [0.29, 0.717) is 5.56 Å². The topological polar surface area (TPSA) is 79.3 Å². The van der Waals surface area contributed by atoms with Gasteiger partial charge in [0.05, 0.1) is 11.6 Å². The number of hydrogen-bond acceptors (Lipinski definition) is 6. The maximum atomic E-state index is 9.38. The predicted molar refractivity (Wildman–Crippen MR) is 118 cm³/mol. The fourth-order valence-electron chi connectivity index (χ4n) is 4.49. The van der Waals surface area contributed by atoms with Crippen LogP contribution in [0.15, 0.2) is 71.9 Å². The Labute approximate surface area is 180 Å². The third kappa shape index (κ3) is 3.26. The van der Waals surface area contributed by atoms with Crippen LogP contribution >= 0.6 is 0 Å². The molecule has 2 aliphatic rings. The second-order valence-electron chi connectivity index (χ2n) is 7.81. The van der Waals surface area contributed by atoms with Crippen molar-refractivity contribution in [3.05, 3.63) is 83.7 Å². The Balaban J connectivity index is 1.58. The fraction of sp³-hybridized carbons (Fsp3) is 0.250. The quantitative estimate of drug-likeness (QED) is 0.607. The Morgan fingerprint density at radius 2 is 2.06 bits per heavy atom. The Hall–Kier alpha value is -3.92. The highest BCUT2D eigenvalue weighted by molar-refractivity contribution is 6.00. The van der Waals surface area contributed by atoms with Crippen LogP contribution < -0.4 is 9.74 Å². The first-order valence-corrected chi connectivity index (χ1v) is 10.3. The molecule has 0 saturated heterocycles. The van der Waals surface area contributed by atoms with Crippen LogP contribution in [0.4, 0.5) is 5.69 Å². The number of oxime groups is 1. The van der Waals surface area contributed by atoms with Crippen LogP contribution in [0.2, 0.25) is 0 Å². The summed E-state index contributed by atoms with van der Waals surface area (Å²) in [7, 11) is 2.09. The van der Waals surface area contributed by atoms with Gasteiger partial charge in [-0.1, -0.05) is 29.4 Å². The molecular weight excluding hydrogens is 388 g/mol. The predicted octanol–water partition coefficient (Wildman–Crippen LogP) is 4.03. The van der Waals surface area contributed by atoms with Crippen molar-refractivity contribution < 1.29 is 4.84 Å². The van der Waals surface area contributed by atoms with E-state index in [9.17, 15) is 5.26 Å². The van der Waals surface area contributed by atoms with Crippen LogP contribution in [0.1, 0.15) is 29.3 Å². The zero-order valence-electron chi connectivity index (χ0n) is 17.4. The lowest BCUT2D eigenvalue weighted by molar-refractivity contribution is 0.318. The monoisotopic (exact) mass is 410 g/mol. The minimum Gasteiger partial charge on any atom is -0.347 e. The number of rotatable bonds is 4. The fourth-order valence-corrected chi connectivity index (χ4v) is 4.49. The highest BCUT2D eigenvalue weighted by Gasteiger charge is 2.41. The second-order valence-corrected chi connectivity index (χ2v) is 7.81. The minimum absolute atomic E-state index is 0.0121. The molecular formula is C24H22N6O. The number of para-hydroxylation sites is 1. The highest BCUT2D eigenvalue weighted by atomic mass is 16.6. The third-order valence-corrected chi connectivity index (χ3v) is 6.09. The number of allylic oxidation sites excluding steroid dienone is 2. The van der Waals surface area contributed by atoms with Crippen LogP contribution in [0, 0.1) is 24.2 Å². The first-order valence-electron chi connectivity index (χ1n) is 10.3. The van der Waals surface area contributed by atoms with Gasteiger partial charge < -0.3 is 14.3 Å². The molecule has 0 saturated carbocycles. The van der Waals surface area contributed by atoms with Gasteiger partial charge in [0, 0.05) is 49.5 Å². The summed E-state index contributed by atoms with van der Waals surface area (Å²) in [6.45, 7) is 2.76. The van der Waals surface area contributed by atoms with Gasteiger partial charge in [-0.15, -0.1) is 0 Å². The number of likely N-dealkylation sites (N-methyl/N-ethyl adjacent to an activating group) is 1. The number of nitriles is 1.